The minimum Gasteiger partial charge on any atom is -0.351 e. The van der Waals surface area contributed by atoms with Crippen LogP contribution in [0.3, 0.4) is 0 Å². The third-order valence-corrected chi connectivity index (χ3v) is 7.28. The van der Waals surface area contributed by atoms with E-state index in [1.807, 2.05) is 0 Å². The number of carbonyl (C=O) groups is 3. The lowest BCUT2D eigenvalue weighted by atomic mass is 10.2. The first-order valence-corrected chi connectivity index (χ1v) is 12.4. The van der Waals surface area contributed by atoms with Gasteiger partial charge in [-0.25, -0.2) is 17.9 Å². The Balaban J connectivity index is 1.57. The number of hydrogen-bond donors (Lipinski definition) is 3. The van der Waals surface area contributed by atoms with Gasteiger partial charge in [0.25, 0.3) is 15.9 Å². The fraction of sp³-hybridized carbons (Fsp3) is 0.100. The number of anilines is 1. The average Bonchev–Trinajstić information content (AvgIpc) is 3.00. The van der Waals surface area contributed by atoms with Gasteiger partial charge in [-0.3, -0.25) is 14.5 Å². The van der Waals surface area contributed by atoms with Crippen LogP contribution in [0.25, 0.3) is 6.08 Å². The highest BCUT2D eigenvalue weighted by Gasteiger charge is 2.32. The second kappa shape index (κ2) is 10.3. The summed E-state index contributed by atoms with van der Waals surface area (Å²) in [4.78, 5) is 37.3. The van der Waals surface area contributed by atoms with E-state index in [9.17, 15) is 22.8 Å². The molecule has 33 heavy (non-hydrogen) atoms. The van der Waals surface area contributed by atoms with E-state index in [1.54, 1.807) is 35.1 Å². The third-order valence-electron chi connectivity index (χ3n) is 4.29. The monoisotopic (exact) mass is 524 g/mol. The maximum Gasteiger partial charge on any atom is 0.326 e. The normalized spacial score (nSPS) is 15.1. The number of nitrogens with two attached hydrogens (primary N) is 1. The van der Waals surface area contributed by atoms with Crippen LogP contribution in [0.5, 0.6) is 0 Å². The Labute approximate surface area is 204 Å². The average molecular weight is 525 g/mol. The lowest BCUT2D eigenvalue weighted by Crippen LogP contribution is -2.34. The standard InChI is InChI=1S/C20H17ClN4O5S3/c21-13-3-1-12(2-4-13)11-16-18(27)25(20(31)32-16)10-9-17(26)23-14-5-7-15(8-6-14)33(29,30)24-19(22)28/h1-8,11H,9-10H2,(H,23,26)(H3,22,24,28)/b16-11+. The molecular formula is C20H17ClN4O5S3. The second-order valence-corrected chi connectivity index (χ2v) is 10.5. The number of thioether (sulfide) groups is 1. The third kappa shape index (κ3) is 6.54. The van der Waals surface area contributed by atoms with Gasteiger partial charge in [0.1, 0.15) is 4.32 Å². The van der Waals surface area contributed by atoms with Crippen LogP contribution in [-0.2, 0) is 19.6 Å². The topological polar surface area (TPSA) is 139 Å². The maximum absolute atomic E-state index is 12.7. The van der Waals surface area contributed by atoms with Crippen molar-refractivity contribution >= 4 is 79.5 Å². The van der Waals surface area contributed by atoms with Crippen molar-refractivity contribution in [2.24, 2.45) is 5.73 Å². The molecular weight excluding hydrogens is 508 g/mol. The van der Waals surface area contributed by atoms with Crippen molar-refractivity contribution in [2.75, 3.05) is 11.9 Å². The Morgan fingerprint density at radius 1 is 1.12 bits per heavy atom. The van der Waals surface area contributed by atoms with Gasteiger partial charge in [-0.15, -0.1) is 0 Å². The summed E-state index contributed by atoms with van der Waals surface area (Å²) < 4.78 is 25.8. The highest BCUT2D eigenvalue weighted by atomic mass is 35.5. The van der Waals surface area contributed by atoms with E-state index in [-0.39, 0.29) is 23.8 Å². The molecule has 9 nitrogen and oxygen atoms in total. The van der Waals surface area contributed by atoms with Crippen molar-refractivity contribution < 1.29 is 22.8 Å². The lowest BCUT2D eigenvalue weighted by Gasteiger charge is -2.14. The number of benzene rings is 2. The number of nitrogens with zero attached hydrogens (tertiary/aromatic N) is 1. The van der Waals surface area contributed by atoms with Crippen molar-refractivity contribution in [3.8, 4) is 0 Å². The number of sulfonamides is 1. The second-order valence-electron chi connectivity index (χ2n) is 6.68. The number of amides is 4. The number of hydrogen-bond acceptors (Lipinski definition) is 7. The van der Waals surface area contributed by atoms with E-state index in [0.717, 1.165) is 17.3 Å². The molecule has 0 radical (unpaired) electrons. The molecule has 0 spiro atoms. The van der Waals surface area contributed by atoms with E-state index in [4.69, 9.17) is 29.6 Å². The molecule has 4 amide bonds. The van der Waals surface area contributed by atoms with E-state index in [0.29, 0.717) is 19.9 Å². The van der Waals surface area contributed by atoms with Crippen molar-refractivity contribution in [3.05, 3.63) is 64.0 Å². The molecule has 3 rings (SSSR count). The minimum atomic E-state index is -4.08. The molecule has 1 aliphatic rings. The predicted octanol–water partition coefficient (Wildman–Crippen LogP) is 2.93. The zero-order valence-electron chi connectivity index (χ0n) is 16.8. The summed E-state index contributed by atoms with van der Waals surface area (Å²) in [6.07, 6.45) is 1.68. The molecule has 0 unspecified atom stereocenters. The Hall–Kier alpha value is -2.93. The van der Waals surface area contributed by atoms with Crippen LogP contribution < -0.4 is 15.8 Å². The zero-order valence-corrected chi connectivity index (χ0v) is 20.0. The van der Waals surface area contributed by atoms with Gasteiger partial charge in [-0.1, -0.05) is 47.7 Å². The Bertz CT molecular complexity index is 1250. The fourth-order valence-electron chi connectivity index (χ4n) is 2.75. The molecule has 1 saturated heterocycles. The van der Waals surface area contributed by atoms with Crippen LogP contribution in [0.4, 0.5) is 10.5 Å². The summed E-state index contributed by atoms with van der Waals surface area (Å²) >= 11 is 12.3. The largest absolute Gasteiger partial charge is 0.351 e. The van der Waals surface area contributed by atoms with Crippen LogP contribution in [0, 0.1) is 0 Å². The first-order valence-electron chi connectivity index (χ1n) is 9.28. The van der Waals surface area contributed by atoms with E-state index in [2.05, 4.69) is 5.32 Å². The summed E-state index contributed by atoms with van der Waals surface area (Å²) in [6, 6.07) is 10.9. The number of carbonyl (C=O) groups excluding carboxylic acids is 3. The van der Waals surface area contributed by atoms with Crippen LogP contribution in [-0.4, -0.2) is 42.0 Å². The summed E-state index contributed by atoms with van der Waals surface area (Å²) in [7, 11) is -4.08. The quantitative estimate of drug-likeness (QED) is 0.374. The van der Waals surface area contributed by atoms with Gasteiger partial charge in [-0.05, 0) is 48.0 Å². The van der Waals surface area contributed by atoms with E-state index in [1.165, 1.54) is 29.2 Å². The molecule has 0 bridgehead atoms. The summed E-state index contributed by atoms with van der Waals surface area (Å²) in [6.45, 7) is 0.0868. The molecule has 1 fully saturated rings. The number of thiocarbonyl (C=S) groups is 1. The summed E-state index contributed by atoms with van der Waals surface area (Å²) in [5.41, 5.74) is 5.97. The number of halogens is 1. The zero-order chi connectivity index (χ0) is 24.2. The molecule has 2 aromatic carbocycles. The van der Waals surface area contributed by atoms with E-state index >= 15 is 0 Å². The Morgan fingerprint density at radius 2 is 1.76 bits per heavy atom. The van der Waals surface area contributed by atoms with Gasteiger partial charge in [0.2, 0.25) is 5.91 Å². The molecule has 1 heterocycles. The first kappa shape index (κ1) is 24.7. The van der Waals surface area contributed by atoms with E-state index < -0.39 is 22.0 Å². The maximum atomic E-state index is 12.7. The molecule has 2 aromatic rings. The van der Waals surface area contributed by atoms with Crippen LogP contribution in [0.1, 0.15) is 12.0 Å². The molecule has 0 atom stereocenters. The van der Waals surface area contributed by atoms with Gasteiger partial charge in [0.15, 0.2) is 0 Å². The van der Waals surface area contributed by atoms with Gasteiger partial charge < -0.3 is 11.1 Å². The van der Waals surface area contributed by atoms with Crippen molar-refractivity contribution in [1.82, 2.24) is 9.62 Å². The van der Waals surface area contributed by atoms with Crippen LogP contribution in [0.15, 0.2) is 58.3 Å². The van der Waals surface area contributed by atoms with Gasteiger partial charge in [0.05, 0.1) is 9.80 Å². The number of rotatable bonds is 7. The Kier molecular flexibility index (Phi) is 7.74. The SMILES string of the molecule is NC(=O)NS(=O)(=O)c1ccc(NC(=O)CCN2C(=O)/C(=C\c3ccc(Cl)cc3)SC2=S)cc1. The summed E-state index contributed by atoms with van der Waals surface area (Å²) in [5.74, 6) is -0.680. The first-order chi connectivity index (χ1) is 15.5. The Morgan fingerprint density at radius 3 is 2.36 bits per heavy atom. The highest BCUT2D eigenvalue weighted by molar-refractivity contribution is 8.26. The predicted molar refractivity (Wildman–Crippen MR) is 131 cm³/mol. The fourth-order valence-corrected chi connectivity index (χ4v) is 5.06. The molecule has 4 N–H and O–H groups in total. The molecule has 172 valence electrons. The molecule has 0 aromatic heterocycles. The lowest BCUT2D eigenvalue weighted by molar-refractivity contribution is -0.122. The number of primary amides is 1. The minimum absolute atomic E-state index is 0.0239. The van der Waals surface area contributed by atoms with Crippen molar-refractivity contribution in [3.63, 3.8) is 0 Å². The smallest absolute Gasteiger partial charge is 0.326 e. The number of urea groups is 1. The highest BCUT2D eigenvalue weighted by Crippen LogP contribution is 2.32. The number of nitrogens with one attached hydrogen (secondary N) is 2. The van der Waals surface area contributed by atoms with Crippen LogP contribution >= 0.6 is 35.6 Å². The summed E-state index contributed by atoms with van der Waals surface area (Å²) in [5, 5.41) is 3.20. The molecule has 1 aliphatic heterocycles. The van der Waals surface area contributed by atoms with Crippen molar-refractivity contribution in [2.45, 2.75) is 11.3 Å². The van der Waals surface area contributed by atoms with Gasteiger partial charge in [0, 0.05) is 23.7 Å². The van der Waals surface area contributed by atoms with Gasteiger partial charge in [-0.2, -0.15) is 0 Å². The molecule has 0 aliphatic carbocycles. The van der Waals surface area contributed by atoms with Gasteiger partial charge >= 0.3 is 6.03 Å². The van der Waals surface area contributed by atoms with Crippen molar-refractivity contribution in [1.29, 1.82) is 0 Å². The molecule has 13 heteroatoms. The molecule has 0 saturated carbocycles. The van der Waals surface area contributed by atoms with Crippen LogP contribution in [0.2, 0.25) is 5.02 Å².